The van der Waals surface area contributed by atoms with Gasteiger partial charge in [0.1, 0.15) is 0 Å². The molecule has 0 fully saturated rings. The second-order valence-corrected chi connectivity index (χ2v) is 7.76. The quantitative estimate of drug-likeness (QED) is 0.768. The number of alkyl halides is 1. The zero-order valence-corrected chi connectivity index (χ0v) is 13.8. The fraction of sp³-hybridized carbons (Fsp3) is 0.538. The Labute approximate surface area is 123 Å². The summed E-state index contributed by atoms with van der Waals surface area (Å²) >= 11 is 3.45. The van der Waals surface area contributed by atoms with Crippen LogP contribution in [0.15, 0.2) is 24.3 Å². The molecule has 0 aliphatic rings. The second kappa shape index (κ2) is 7.26. The molecule has 4 nitrogen and oxygen atoms in total. The predicted molar refractivity (Wildman–Crippen MR) is 82.3 cm³/mol. The summed E-state index contributed by atoms with van der Waals surface area (Å²) in [6.07, 6.45) is 0.0325. The van der Waals surface area contributed by atoms with Crippen LogP contribution in [-0.4, -0.2) is 26.9 Å². The van der Waals surface area contributed by atoms with Gasteiger partial charge < -0.3 is 4.74 Å². The molecule has 0 aliphatic heterocycles. The average molecular weight is 350 g/mol. The third-order valence-corrected chi connectivity index (χ3v) is 4.19. The highest BCUT2D eigenvalue weighted by Gasteiger charge is 2.14. The van der Waals surface area contributed by atoms with Crippen molar-refractivity contribution in [1.82, 2.24) is 0 Å². The highest BCUT2D eigenvalue weighted by Crippen LogP contribution is 2.29. The first kappa shape index (κ1) is 16.5. The summed E-state index contributed by atoms with van der Waals surface area (Å²) in [5, 5.41) is 0. The van der Waals surface area contributed by atoms with Gasteiger partial charge in [0.15, 0.2) is 0 Å². The molecule has 19 heavy (non-hydrogen) atoms. The Kier molecular flexibility index (Phi) is 6.29. The van der Waals surface area contributed by atoms with Gasteiger partial charge in [-0.3, -0.25) is 4.72 Å². The molecule has 0 saturated heterocycles. The van der Waals surface area contributed by atoms with Crippen molar-refractivity contribution < 1.29 is 13.2 Å². The summed E-state index contributed by atoms with van der Waals surface area (Å²) in [6.45, 7) is 5.90. The summed E-state index contributed by atoms with van der Waals surface area (Å²) in [6, 6.07) is 7.34. The van der Waals surface area contributed by atoms with E-state index in [0.717, 1.165) is 5.56 Å². The molecule has 0 aliphatic carbocycles. The summed E-state index contributed by atoms with van der Waals surface area (Å²) in [5.74, 6) is -0.0455. The first-order valence-electron chi connectivity index (χ1n) is 6.17. The zero-order chi connectivity index (χ0) is 14.5. The Hall–Kier alpha value is -0.590. The number of anilines is 1. The molecular weight excluding hydrogens is 330 g/mol. The molecule has 6 heteroatoms. The minimum Gasteiger partial charge on any atom is -0.378 e. The molecule has 0 saturated carbocycles. The zero-order valence-electron chi connectivity index (χ0n) is 11.4. The van der Waals surface area contributed by atoms with Crippen LogP contribution >= 0.6 is 15.9 Å². The first-order valence-corrected chi connectivity index (χ1v) is 8.73. The fourth-order valence-electron chi connectivity index (χ4n) is 1.55. The van der Waals surface area contributed by atoms with Gasteiger partial charge in [-0.2, -0.15) is 0 Å². The molecule has 1 rings (SSSR count). The van der Waals surface area contributed by atoms with Crippen molar-refractivity contribution in [2.45, 2.75) is 31.7 Å². The van der Waals surface area contributed by atoms with Crippen molar-refractivity contribution >= 4 is 31.6 Å². The molecule has 0 bridgehead atoms. The number of halogens is 1. The number of rotatable bonds is 7. The Balaban J connectivity index is 2.73. The van der Waals surface area contributed by atoms with Crippen molar-refractivity contribution in [1.29, 1.82) is 0 Å². The number of nitrogens with one attached hydrogen (secondary N) is 1. The van der Waals surface area contributed by atoms with Crippen molar-refractivity contribution in [2.75, 3.05) is 17.1 Å². The Morgan fingerprint density at radius 3 is 2.47 bits per heavy atom. The third kappa shape index (κ3) is 5.93. The van der Waals surface area contributed by atoms with E-state index < -0.39 is 10.0 Å². The standard InChI is InChI=1S/C13H20BrNO3S/c1-10(2)18-8-9-19(16,17)15-13-7-5-4-6-12(13)11(3)14/h4-7,10-11,15H,8-9H2,1-3H3. The summed E-state index contributed by atoms with van der Waals surface area (Å²) in [4.78, 5) is 0.0818. The molecule has 0 spiro atoms. The van der Waals surface area contributed by atoms with E-state index in [2.05, 4.69) is 20.7 Å². The van der Waals surface area contributed by atoms with Gasteiger partial charge in [0, 0.05) is 4.83 Å². The highest BCUT2D eigenvalue weighted by atomic mass is 79.9. The number of ether oxygens (including phenoxy) is 1. The van der Waals surface area contributed by atoms with Gasteiger partial charge in [0.05, 0.1) is 24.2 Å². The van der Waals surface area contributed by atoms with Gasteiger partial charge in [-0.25, -0.2) is 8.42 Å². The van der Waals surface area contributed by atoms with E-state index in [1.807, 2.05) is 32.9 Å². The normalized spacial score (nSPS) is 13.5. The lowest BCUT2D eigenvalue weighted by atomic mass is 10.1. The molecule has 0 amide bonds. The van der Waals surface area contributed by atoms with E-state index in [9.17, 15) is 8.42 Å². The molecule has 0 radical (unpaired) electrons. The maximum absolute atomic E-state index is 11.9. The van der Waals surface area contributed by atoms with E-state index in [1.165, 1.54) is 0 Å². The van der Waals surface area contributed by atoms with Crippen LogP contribution in [0.2, 0.25) is 0 Å². The minimum atomic E-state index is -3.38. The van der Waals surface area contributed by atoms with Gasteiger partial charge in [-0.05, 0) is 32.4 Å². The molecular formula is C13H20BrNO3S. The molecule has 108 valence electrons. The number of benzene rings is 1. The van der Waals surface area contributed by atoms with Crippen LogP contribution in [-0.2, 0) is 14.8 Å². The van der Waals surface area contributed by atoms with Crippen LogP contribution in [0.5, 0.6) is 0 Å². The maximum atomic E-state index is 11.9. The Bertz CT molecular complexity index is 500. The Morgan fingerprint density at radius 1 is 1.26 bits per heavy atom. The van der Waals surface area contributed by atoms with Crippen LogP contribution in [0.3, 0.4) is 0 Å². The van der Waals surface area contributed by atoms with Crippen molar-refractivity contribution in [2.24, 2.45) is 0 Å². The Morgan fingerprint density at radius 2 is 1.89 bits per heavy atom. The van der Waals surface area contributed by atoms with Crippen LogP contribution in [0.4, 0.5) is 5.69 Å². The van der Waals surface area contributed by atoms with Crippen molar-refractivity contribution in [3.8, 4) is 0 Å². The SMILES string of the molecule is CC(C)OCCS(=O)(=O)Nc1ccccc1C(C)Br. The first-order chi connectivity index (χ1) is 8.82. The van der Waals surface area contributed by atoms with Gasteiger partial charge in [-0.15, -0.1) is 0 Å². The van der Waals surface area contributed by atoms with Gasteiger partial charge in [0.25, 0.3) is 0 Å². The van der Waals surface area contributed by atoms with Crippen molar-refractivity contribution in [3.05, 3.63) is 29.8 Å². The van der Waals surface area contributed by atoms with Crippen LogP contribution in [0.1, 0.15) is 31.2 Å². The van der Waals surface area contributed by atoms with Crippen molar-refractivity contribution in [3.63, 3.8) is 0 Å². The summed E-state index contributed by atoms with van der Waals surface area (Å²) < 4.78 is 31.8. The molecule has 0 aromatic heterocycles. The maximum Gasteiger partial charge on any atom is 0.235 e. The topological polar surface area (TPSA) is 55.4 Å². The van der Waals surface area contributed by atoms with Gasteiger partial charge >= 0.3 is 0 Å². The summed E-state index contributed by atoms with van der Waals surface area (Å²) in [5.41, 5.74) is 1.52. The van der Waals surface area contributed by atoms with Crippen LogP contribution < -0.4 is 4.72 Å². The van der Waals surface area contributed by atoms with Gasteiger partial charge in [0.2, 0.25) is 10.0 Å². The number of hydrogen-bond acceptors (Lipinski definition) is 3. The lowest BCUT2D eigenvalue weighted by molar-refractivity contribution is 0.0913. The number of hydrogen-bond donors (Lipinski definition) is 1. The number of sulfonamides is 1. The van der Waals surface area contributed by atoms with E-state index in [1.54, 1.807) is 12.1 Å². The molecule has 1 N–H and O–H groups in total. The van der Waals surface area contributed by atoms with E-state index in [0.29, 0.717) is 5.69 Å². The lowest BCUT2D eigenvalue weighted by Gasteiger charge is -2.14. The molecule has 1 unspecified atom stereocenters. The average Bonchev–Trinajstić information content (AvgIpc) is 2.27. The predicted octanol–water partition coefficient (Wildman–Crippen LogP) is 3.31. The van der Waals surface area contributed by atoms with E-state index in [4.69, 9.17) is 4.74 Å². The smallest absolute Gasteiger partial charge is 0.235 e. The molecule has 1 aromatic rings. The second-order valence-electron chi connectivity index (χ2n) is 4.54. The molecule has 1 atom stereocenters. The van der Waals surface area contributed by atoms with E-state index >= 15 is 0 Å². The fourth-order valence-corrected chi connectivity index (χ4v) is 2.89. The van der Waals surface area contributed by atoms with E-state index in [-0.39, 0.29) is 23.3 Å². The van der Waals surface area contributed by atoms with Gasteiger partial charge in [-0.1, -0.05) is 34.1 Å². The molecule has 0 heterocycles. The molecule has 1 aromatic carbocycles. The lowest BCUT2D eigenvalue weighted by Crippen LogP contribution is -2.22. The number of para-hydroxylation sites is 1. The third-order valence-electron chi connectivity index (χ3n) is 2.46. The van der Waals surface area contributed by atoms with Crippen LogP contribution in [0, 0.1) is 0 Å². The monoisotopic (exact) mass is 349 g/mol. The minimum absolute atomic E-state index is 0.0325. The summed E-state index contributed by atoms with van der Waals surface area (Å²) in [7, 11) is -3.38. The highest BCUT2D eigenvalue weighted by molar-refractivity contribution is 9.09. The van der Waals surface area contributed by atoms with Crippen LogP contribution in [0.25, 0.3) is 0 Å². The largest absolute Gasteiger partial charge is 0.378 e.